The van der Waals surface area contributed by atoms with Crippen LogP contribution in [0.3, 0.4) is 0 Å². The van der Waals surface area contributed by atoms with E-state index in [4.69, 9.17) is 43.1 Å². The number of fused-ring (bicyclic) bond motifs is 1. The molecule has 0 aromatic heterocycles. The maximum Gasteiger partial charge on any atom is 0.348 e. The van der Waals surface area contributed by atoms with Crippen LogP contribution < -0.4 is 5.32 Å². The van der Waals surface area contributed by atoms with E-state index in [0.29, 0.717) is 5.56 Å². The lowest BCUT2D eigenvalue weighted by Crippen LogP contribution is -2.63. The van der Waals surface area contributed by atoms with Crippen LogP contribution in [0, 0.1) is 0 Å². The molecule has 0 aliphatic carbocycles. The normalized spacial score (nSPS) is 20.2. The van der Waals surface area contributed by atoms with Crippen molar-refractivity contribution in [2.75, 3.05) is 0 Å². The van der Waals surface area contributed by atoms with E-state index in [2.05, 4.69) is 5.32 Å². The molecule has 174 valence electrons. The molecule has 7 nitrogen and oxygen atoms in total. The Morgan fingerprint density at radius 3 is 2.31 bits per heavy atom. The van der Waals surface area contributed by atoms with Gasteiger partial charge < -0.3 is 9.71 Å². The molecule has 2 aromatic rings. The standard InChI is InChI=1S/C22H14B4ClF2N3O4/c23-20(8-7-16(33)30-18(20)35)31-10-11-9-13(3-6-15(11)17(31)34)22(24,25)32(26)19(36)21(28,29)12-1-4-14(27)5-2-12/h1-6,9H,7-8,10H2,(H,30,33,35). The molecule has 2 heterocycles. The maximum atomic E-state index is 14.9. The predicted molar refractivity (Wildman–Crippen MR) is 128 cm³/mol. The van der Waals surface area contributed by atoms with E-state index in [1.54, 1.807) is 0 Å². The molecule has 4 amide bonds. The number of halogens is 3. The topological polar surface area (TPSA) is 86.8 Å². The molecule has 2 aliphatic heterocycles. The van der Waals surface area contributed by atoms with Crippen LogP contribution in [0.5, 0.6) is 0 Å². The van der Waals surface area contributed by atoms with Gasteiger partial charge in [-0.1, -0.05) is 35.9 Å². The van der Waals surface area contributed by atoms with Crippen molar-refractivity contribution in [3.8, 4) is 0 Å². The van der Waals surface area contributed by atoms with Crippen LogP contribution in [-0.4, -0.2) is 70.3 Å². The van der Waals surface area contributed by atoms with Gasteiger partial charge in [0, 0.05) is 29.1 Å². The smallest absolute Gasteiger partial charge is 0.348 e. The van der Waals surface area contributed by atoms with Crippen molar-refractivity contribution in [1.82, 2.24) is 15.0 Å². The van der Waals surface area contributed by atoms with Crippen LogP contribution in [-0.2, 0) is 32.2 Å². The van der Waals surface area contributed by atoms with Gasteiger partial charge >= 0.3 is 5.92 Å². The number of hydrogen-bond donors (Lipinski definition) is 1. The van der Waals surface area contributed by atoms with Crippen LogP contribution in [0.25, 0.3) is 0 Å². The second-order valence-corrected chi connectivity index (χ2v) is 9.08. The molecule has 14 heteroatoms. The summed E-state index contributed by atoms with van der Waals surface area (Å²) >= 11 is 5.72. The Kier molecular flexibility index (Phi) is 6.35. The van der Waals surface area contributed by atoms with Gasteiger partial charge in [-0.2, -0.15) is 8.78 Å². The zero-order chi connectivity index (χ0) is 26.6. The van der Waals surface area contributed by atoms with Gasteiger partial charge in [-0.05, 0) is 41.1 Å². The van der Waals surface area contributed by atoms with Gasteiger partial charge in [-0.25, -0.2) is 0 Å². The lowest BCUT2D eigenvalue weighted by Gasteiger charge is -2.40. The molecule has 2 aromatic carbocycles. The summed E-state index contributed by atoms with van der Waals surface area (Å²) < 4.78 is 29.7. The molecule has 2 aliphatic rings. The van der Waals surface area contributed by atoms with E-state index >= 15 is 0 Å². The number of nitrogens with zero attached hydrogens (tertiary/aromatic N) is 2. The van der Waals surface area contributed by atoms with Gasteiger partial charge in [-0.3, -0.25) is 24.5 Å². The van der Waals surface area contributed by atoms with Crippen LogP contribution in [0.1, 0.15) is 39.9 Å². The Bertz CT molecular complexity index is 1290. The molecule has 1 unspecified atom stereocenters. The van der Waals surface area contributed by atoms with Crippen molar-refractivity contribution in [2.24, 2.45) is 0 Å². The van der Waals surface area contributed by atoms with E-state index in [9.17, 15) is 28.0 Å². The van der Waals surface area contributed by atoms with E-state index in [0.717, 1.165) is 17.0 Å². The van der Waals surface area contributed by atoms with Crippen molar-refractivity contribution in [3.05, 3.63) is 69.7 Å². The summed E-state index contributed by atoms with van der Waals surface area (Å²) in [6, 6.07) is 8.19. The first-order chi connectivity index (χ1) is 16.7. The Morgan fingerprint density at radius 1 is 1.08 bits per heavy atom. The molecule has 0 saturated carbocycles. The quantitative estimate of drug-likeness (QED) is 0.485. The van der Waals surface area contributed by atoms with Crippen molar-refractivity contribution in [3.63, 3.8) is 0 Å². The number of imide groups is 1. The molecule has 0 bridgehead atoms. The molecular weight excluding hydrogens is 487 g/mol. The highest BCUT2D eigenvalue weighted by molar-refractivity contribution is 6.43. The van der Waals surface area contributed by atoms with Gasteiger partial charge in [0.25, 0.3) is 11.8 Å². The highest BCUT2D eigenvalue weighted by atomic mass is 35.5. The first-order valence-corrected chi connectivity index (χ1v) is 11.0. The minimum absolute atomic E-state index is 0.0164. The Labute approximate surface area is 215 Å². The number of hydrogen-bond acceptors (Lipinski definition) is 4. The highest BCUT2D eigenvalue weighted by Gasteiger charge is 2.49. The van der Waals surface area contributed by atoms with Crippen LogP contribution >= 0.6 is 11.6 Å². The van der Waals surface area contributed by atoms with Crippen molar-refractivity contribution >= 4 is 66.7 Å². The second kappa shape index (κ2) is 8.80. The molecule has 8 radical (unpaired) electrons. The number of nitrogens with one attached hydrogen (secondary N) is 1. The van der Waals surface area contributed by atoms with Crippen molar-refractivity contribution in [2.45, 2.75) is 36.1 Å². The third kappa shape index (κ3) is 4.13. The third-order valence-corrected chi connectivity index (χ3v) is 6.58. The summed E-state index contributed by atoms with van der Waals surface area (Å²) in [5.74, 6) is -7.87. The number of carbonyl (C=O) groups excluding carboxylic acids is 4. The number of amides is 4. The third-order valence-electron chi connectivity index (χ3n) is 6.33. The Hall–Kier alpha value is -3.07. The highest BCUT2D eigenvalue weighted by Crippen LogP contribution is 2.37. The molecule has 1 fully saturated rings. The zero-order valence-electron chi connectivity index (χ0n) is 18.6. The molecular formula is C22H14B4ClF2N3O4. The molecule has 36 heavy (non-hydrogen) atoms. The lowest BCUT2D eigenvalue weighted by molar-refractivity contribution is -0.155. The summed E-state index contributed by atoms with van der Waals surface area (Å²) in [6.07, 6.45) is -0.152. The lowest BCUT2D eigenvalue weighted by atomic mass is 9.55. The maximum absolute atomic E-state index is 14.9. The minimum Gasteiger partial charge on any atom is -0.398 e. The first kappa shape index (κ1) is 26.0. The molecule has 0 spiro atoms. The second-order valence-electron chi connectivity index (χ2n) is 8.65. The van der Waals surface area contributed by atoms with E-state index in [1.807, 2.05) is 0 Å². The van der Waals surface area contributed by atoms with E-state index < -0.39 is 45.9 Å². The number of alkyl halides is 2. The number of benzene rings is 2. The largest absolute Gasteiger partial charge is 0.398 e. The van der Waals surface area contributed by atoms with Crippen molar-refractivity contribution < 1.29 is 28.0 Å². The first-order valence-electron chi connectivity index (χ1n) is 10.6. The van der Waals surface area contributed by atoms with Crippen LogP contribution in [0.2, 0.25) is 5.02 Å². The van der Waals surface area contributed by atoms with Crippen molar-refractivity contribution in [1.29, 1.82) is 0 Å². The Balaban J connectivity index is 1.60. The minimum atomic E-state index is -4.08. The predicted octanol–water partition coefficient (Wildman–Crippen LogP) is 0.749. The summed E-state index contributed by atoms with van der Waals surface area (Å²) in [6.45, 7) is -0.157. The molecule has 4 rings (SSSR count). The Morgan fingerprint density at radius 2 is 1.69 bits per heavy atom. The monoisotopic (exact) mass is 501 g/mol. The fourth-order valence-electron chi connectivity index (χ4n) is 4.11. The SMILES string of the molecule is [B]N(C(=O)C(F)(F)c1ccc(Cl)cc1)C([B])([B])c1ccc2c(c1)CN(C1([B])CCC(=O)NC1=O)C2=O. The molecule has 1 atom stereocenters. The van der Waals surface area contributed by atoms with Gasteiger partial charge in [0.05, 0.1) is 21.1 Å². The van der Waals surface area contributed by atoms with Crippen LogP contribution in [0.4, 0.5) is 8.78 Å². The average Bonchev–Trinajstić information content (AvgIpc) is 3.17. The van der Waals surface area contributed by atoms with Gasteiger partial charge in [0.2, 0.25) is 19.8 Å². The summed E-state index contributed by atoms with van der Waals surface area (Å²) in [5, 5.41) is -0.106. The van der Waals surface area contributed by atoms with E-state index in [1.165, 1.54) is 30.3 Å². The zero-order valence-corrected chi connectivity index (χ0v) is 19.4. The van der Waals surface area contributed by atoms with Gasteiger partial charge in [0.15, 0.2) is 0 Å². The summed E-state index contributed by atoms with van der Waals surface area (Å²) in [7, 11) is 23.9. The summed E-state index contributed by atoms with van der Waals surface area (Å²) in [5.41, 5.74) is -2.03. The average molecular weight is 501 g/mol. The van der Waals surface area contributed by atoms with Gasteiger partial charge in [-0.15, -0.1) is 0 Å². The van der Waals surface area contributed by atoms with E-state index in [-0.39, 0.29) is 40.3 Å². The van der Waals surface area contributed by atoms with Crippen LogP contribution in [0.15, 0.2) is 42.5 Å². The van der Waals surface area contributed by atoms with Gasteiger partial charge in [0.1, 0.15) is 7.85 Å². The number of piperidine rings is 1. The fourth-order valence-corrected chi connectivity index (χ4v) is 4.23. The fraction of sp³-hybridized carbons (Fsp3) is 0.273. The number of carbonyl (C=O) groups is 4. The number of rotatable bonds is 5. The summed E-state index contributed by atoms with van der Waals surface area (Å²) in [4.78, 5) is 50.6. The molecule has 1 saturated heterocycles. The molecule has 1 N–H and O–H groups in total.